The van der Waals surface area contributed by atoms with E-state index in [1.807, 2.05) is 6.92 Å². The van der Waals surface area contributed by atoms with Crippen LogP contribution in [-0.4, -0.2) is 30.2 Å². The molecular formula is C12H18BrN3. The van der Waals surface area contributed by atoms with Crippen LogP contribution in [-0.2, 0) is 0 Å². The molecule has 1 aliphatic rings. The number of hydrogen-bond donors (Lipinski definition) is 1. The van der Waals surface area contributed by atoms with Crippen molar-refractivity contribution in [2.24, 2.45) is 0 Å². The lowest BCUT2D eigenvalue weighted by Crippen LogP contribution is -2.57. The van der Waals surface area contributed by atoms with Gasteiger partial charge in [-0.2, -0.15) is 0 Å². The molecule has 0 amide bonds. The van der Waals surface area contributed by atoms with Crippen molar-refractivity contribution in [3.63, 3.8) is 0 Å². The van der Waals surface area contributed by atoms with E-state index in [4.69, 9.17) is 0 Å². The molecule has 1 aromatic heterocycles. The predicted molar refractivity (Wildman–Crippen MR) is 71.0 cm³/mol. The maximum Gasteiger partial charge on any atom is 0.128 e. The predicted octanol–water partition coefficient (Wildman–Crippen LogP) is 2.34. The highest BCUT2D eigenvalue weighted by atomic mass is 79.9. The van der Waals surface area contributed by atoms with Gasteiger partial charge in [0.15, 0.2) is 0 Å². The molecule has 88 valence electrons. The third-order valence-corrected chi connectivity index (χ3v) is 3.74. The van der Waals surface area contributed by atoms with E-state index in [-0.39, 0.29) is 5.54 Å². The Bertz CT molecular complexity index is 390. The molecule has 0 saturated carbocycles. The smallest absolute Gasteiger partial charge is 0.128 e. The highest BCUT2D eigenvalue weighted by Crippen LogP contribution is 2.21. The van der Waals surface area contributed by atoms with Crippen molar-refractivity contribution >= 4 is 21.7 Å². The molecule has 0 atom stereocenters. The van der Waals surface area contributed by atoms with E-state index in [2.05, 4.69) is 57.1 Å². The second-order valence-electron chi connectivity index (χ2n) is 4.97. The number of pyridine rings is 1. The first-order valence-corrected chi connectivity index (χ1v) is 6.40. The van der Waals surface area contributed by atoms with Crippen LogP contribution in [0.3, 0.4) is 0 Å². The lowest BCUT2D eigenvalue weighted by atomic mass is 10.0. The zero-order valence-electron chi connectivity index (χ0n) is 10.0. The zero-order chi connectivity index (χ0) is 11.8. The van der Waals surface area contributed by atoms with Gasteiger partial charge >= 0.3 is 0 Å². The summed E-state index contributed by atoms with van der Waals surface area (Å²) in [6, 6.07) is 4.16. The molecule has 2 heterocycles. The molecular weight excluding hydrogens is 266 g/mol. The number of hydrogen-bond acceptors (Lipinski definition) is 3. The molecule has 1 aliphatic heterocycles. The van der Waals surface area contributed by atoms with Crippen LogP contribution >= 0.6 is 15.9 Å². The summed E-state index contributed by atoms with van der Waals surface area (Å²) in [6.07, 6.45) is 0. The van der Waals surface area contributed by atoms with E-state index in [0.717, 1.165) is 35.6 Å². The third kappa shape index (κ3) is 2.55. The largest absolute Gasteiger partial charge is 0.354 e. The average Bonchev–Trinajstić information content (AvgIpc) is 2.20. The summed E-state index contributed by atoms with van der Waals surface area (Å²) in [5, 5.41) is 3.51. The van der Waals surface area contributed by atoms with Crippen molar-refractivity contribution in [1.82, 2.24) is 10.3 Å². The van der Waals surface area contributed by atoms with E-state index in [1.54, 1.807) is 0 Å². The number of anilines is 1. The first-order chi connectivity index (χ1) is 7.48. The van der Waals surface area contributed by atoms with Crippen molar-refractivity contribution in [2.45, 2.75) is 26.3 Å². The maximum atomic E-state index is 4.61. The Morgan fingerprint density at radius 3 is 2.81 bits per heavy atom. The lowest BCUT2D eigenvalue weighted by molar-refractivity contribution is 0.351. The van der Waals surface area contributed by atoms with E-state index in [1.165, 1.54) is 0 Å². The number of rotatable bonds is 1. The standard InChI is InChI=1S/C12H18BrN3/c1-9-10(13)4-5-11(15-9)16-7-6-14-12(2,3)8-16/h4-5,14H,6-8H2,1-3H3. The fraction of sp³-hybridized carbons (Fsp3) is 0.583. The molecule has 1 aromatic rings. The monoisotopic (exact) mass is 283 g/mol. The summed E-state index contributed by atoms with van der Waals surface area (Å²) in [5.74, 6) is 1.08. The minimum absolute atomic E-state index is 0.168. The van der Waals surface area contributed by atoms with E-state index < -0.39 is 0 Å². The topological polar surface area (TPSA) is 28.2 Å². The molecule has 1 saturated heterocycles. The van der Waals surface area contributed by atoms with E-state index >= 15 is 0 Å². The minimum Gasteiger partial charge on any atom is -0.354 e. The van der Waals surface area contributed by atoms with Crippen LogP contribution in [0.25, 0.3) is 0 Å². The van der Waals surface area contributed by atoms with Gasteiger partial charge in [-0.25, -0.2) is 4.98 Å². The second kappa shape index (κ2) is 4.34. The summed E-state index contributed by atoms with van der Waals surface area (Å²) < 4.78 is 1.07. The van der Waals surface area contributed by atoms with Gasteiger partial charge in [0.05, 0.1) is 5.69 Å². The van der Waals surface area contributed by atoms with E-state index in [9.17, 15) is 0 Å². The molecule has 0 bridgehead atoms. The molecule has 0 aromatic carbocycles. The van der Waals surface area contributed by atoms with E-state index in [0.29, 0.717) is 0 Å². The lowest BCUT2D eigenvalue weighted by Gasteiger charge is -2.39. The average molecular weight is 284 g/mol. The van der Waals surface area contributed by atoms with Crippen LogP contribution in [0.4, 0.5) is 5.82 Å². The van der Waals surface area contributed by atoms with Crippen molar-refractivity contribution < 1.29 is 0 Å². The highest BCUT2D eigenvalue weighted by molar-refractivity contribution is 9.10. The number of piperazine rings is 1. The second-order valence-corrected chi connectivity index (χ2v) is 5.82. The Morgan fingerprint density at radius 2 is 2.19 bits per heavy atom. The quantitative estimate of drug-likeness (QED) is 0.858. The summed E-state index contributed by atoms with van der Waals surface area (Å²) in [7, 11) is 0. The van der Waals surface area contributed by atoms with Gasteiger partial charge in [-0.05, 0) is 48.8 Å². The zero-order valence-corrected chi connectivity index (χ0v) is 11.6. The fourth-order valence-corrected chi connectivity index (χ4v) is 2.26. The molecule has 0 aliphatic carbocycles. The van der Waals surface area contributed by atoms with Gasteiger partial charge < -0.3 is 10.2 Å². The summed E-state index contributed by atoms with van der Waals surface area (Å²) in [6.45, 7) is 9.53. The minimum atomic E-state index is 0.168. The molecule has 0 radical (unpaired) electrons. The normalized spacial score (nSPS) is 19.9. The van der Waals surface area contributed by atoms with Crippen molar-refractivity contribution in [1.29, 1.82) is 0 Å². The highest BCUT2D eigenvalue weighted by Gasteiger charge is 2.26. The first-order valence-electron chi connectivity index (χ1n) is 5.61. The van der Waals surface area contributed by atoms with Gasteiger partial charge in [-0.15, -0.1) is 0 Å². The Hall–Kier alpha value is -0.610. The number of aromatic nitrogens is 1. The Morgan fingerprint density at radius 1 is 1.44 bits per heavy atom. The molecule has 3 nitrogen and oxygen atoms in total. The maximum absolute atomic E-state index is 4.61. The van der Waals surface area contributed by atoms with Crippen molar-refractivity contribution in [3.8, 4) is 0 Å². The molecule has 1 N–H and O–H groups in total. The molecule has 16 heavy (non-hydrogen) atoms. The van der Waals surface area contributed by atoms with Crippen LogP contribution < -0.4 is 10.2 Å². The first kappa shape index (κ1) is 11.9. The Kier molecular flexibility index (Phi) is 3.22. The SMILES string of the molecule is Cc1nc(N2CCNC(C)(C)C2)ccc1Br. The van der Waals surface area contributed by atoms with Crippen LogP contribution in [0.1, 0.15) is 19.5 Å². The van der Waals surface area contributed by atoms with Gasteiger partial charge in [-0.3, -0.25) is 0 Å². The van der Waals surface area contributed by atoms with Crippen molar-refractivity contribution in [3.05, 3.63) is 22.3 Å². The number of nitrogens with zero attached hydrogens (tertiary/aromatic N) is 2. The van der Waals surface area contributed by atoms with Crippen LogP contribution in [0.5, 0.6) is 0 Å². The van der Waals surface area contributed by atoms with Gasteiger partial charge in [0.2, 0.25) is 0 Å². The third-order valence-electron chi connectivity index (χ3n) is 2.90. The van der Waals surface area contributed by atoms with Crippen LogP contribution in [0.2, 0.25) is 0 Å². The summed E-state index contributed by atoms with van der Waals surface area (Å²) in [4.78, 5) is 6.96. The fourth-order valence-electron chi connectivity index (χ4n) is 2.04. The Balaban J connectivity index is 2.20. The molecule has 0 spiro atoms. The molecule has 4 heteroatoms. The number of halogens is 1. The van der Waals surface area contributed by atoms with Gasteiger partial charge in [-0.1, -0.05) is 0 Å². The van der Waals surface area contributed by atoms with Crippen LogP contribution in [0.15, 0.2) is 16.6 Å². The van der Waals surface area contributed by atoms with Crippen molar-refractivity contribution in [2.75, 3.05) is 24.5 Å². The van der Waals surface area contributed by atoms with Gasteiger partial charge in [0.25, 0.3) is 0 Å². The molecule has 1 fully saturated rings. The van der Waals surface area contributed by atoms with Crippen LogP contribution in [0, 0.1) is 6.92 Å². The van der Waals surface area contributed by atoms with Gasteiger partial charge in [0.1, 0.15) is 5.82 Å². The number of aryl methyl sites for hydroxylation is 1. The van der Waals surface area contributed by atoms with Gasteiger partial charge in [0, 0.05) is 29.6 Å². The summed E-state index contributed by atoms with van der Waals surface area (Å²) in [5.41, 5.74) is 1.22. The molecule has 0 unspecified atom stereocenters. The number of nitrogens with one attached hydrogen (secondary N) is 1. The molecule has 2 rings (SSSR count). The Labute approximate surface area is 105 Å². The summed E-state index contributed by atoms with van der Waals surface area (Å²) >= 11 is 3.48.